The standard InChI is InChI=1S/C16H13N3O/c20-16(9-13-5-4-8-17-10-13)14-11-18-19(12-14)15-6-2-1-3-7-15/h1-8,10-12H,9H2. The third-order valence-corrected chi connectivity index (χ3v) is 3.01. The number of aromatic nitrogens is 3. The second kappa shape index (κ2) is 5.48. The van der Waals surface area contributed by atoms with Crippen LogP contribution in [0.2, 0.25) is 0 Å². The molecule has 0 aliphatic heterocycles. The molecule has 0 saturated heterocycles. The lowest BCUT2D eigenvalue weighted by molar-refractivity contribution is 0.0993. The van der Waals surface area contributed by atoms with E-state index in [0.717, 1.165) is 11.3 Å². The van der Waals surface area contributed by atoms with Gasteiger partial charge in [0.15, 0.2) is 5.78 Å². The Balaban J connectivity index is 1.79. The second-order valence-corrected chi connectivity index (χ2v) is 4.47. The monoisotopic (exact) mass is 263 g/mol. The highest BCUT2D eigenvalue weighted by Gasteiger charge is 2.10. The smallest absolute Gasteiger partial charge is 0.170 e. The summed E-state index contributed by atoms with van der Waals surface area (Å²) in [4.78, 5) is 16.2. The first-order valence-corrected chi connectivity index (χ1v) is 6.35. The number of carbonyl (C=O) groups is 1. The molecule has 0 atom stereocenters. The summed E-state index contributed by atoms with van der Waals surface area (Å²) >= 11 is 0. The molecule has 98 valence electrons. The summed E-state index contributed by atoms with van der Waals surface area (Å²) in [5, 5.41) is 4.23. The molecule has 1 aromatic carbocycles. The fraction of sp³-hybridized carbons (Fsp3) is 0.0625. The maximum absolute atomic E-state index is 12.2. The van der Waals surface area contributed by atoms with Gasteiger partial charge in [0.25, 0.3) is 0 Å². The second-order valence-electron chi connectivity index (χ2n) is 4.47. The van der Waals surface area contributed by atoms with Crippen LogP contribution < -0.4 is 0 Å². The summed E-state index contributed by atoms with van der Waals surface area (Å²) in [5.41, 5.74) is 2.45. The van der Waals surface area contributed by atoms with E-state index in [9.17, 15) is 4.79 Å². The van der Waals surface area contributed by atoms with E-state index in [-0.39, 0.29) is 5.78 Å². The van der Waals surface area contributed by atoms with E-state index in [2.05, 4.69) is 10.1 Å². The normalized spacial score (nSPS) is 10.4. The number of nitrogens with zero attached hydrogens (tertiary/aromatic N) is 3. The predicted molar refractivity (Wildman–Crippen MR) is 75.8 cm³/mol. The van der Waals surface area contributed by atoms with Gasteiger partial charge in [0.2, 0.25) is 0 Å². The van der Waals surface area contributed by atoms with Crippen molar-refractivity contribution in [1.29, 1.82) is 0 Å². The zero-order valence-corrected chi connectivity index (χ0v) is 10.8. The van der Waals surface area contributed by atoms with Gasteiger partial charge in [-0.3, -0.25) is 9.78 Å². The molecule has 20 heavy (non-hydrogen) atoms. The number of hydrogen-bond acceptors (Lipinski definition) is 3. The molecule has 4 heteroatoms. The highest BCUT2D eigenvalue weighted by atomic mass is 16.1. The van der Waals surface area contributed by atoms with Gasteiger partial charge in [-0.15, -0.1) is 0 Å². The van der Waals surface area contributed by atoms with Crippen LogP contribution in [0, 0.1) is 0 Å². The first-order valence-electron chi connectivity index (χ1n) is 6.35. The minimum absolute atomic E-state index is 0.0418. The van der Waals surface area contributed by atoms with Crippen LogP contribution >= 0.6 is 0 Å². The molecule has 0 fully saturated rings. The van der Waals surface area contributed by atoms with Gasteiger partial charge in [-0.1, -0.05) is 24.3 Å². The van der Waals surface area contributed by atoms with Gasteiger partial charge in [0, 0.05) is 25.0 Å². The minimum Gasteiger partial charge on any atom is -0.294 e. The highest BCUT2D eigenvalue weighted by Crippen LogP contribution is 2.10. The molecule has 0 spiro atoms. The van der Waals surface area contributed by atoms with Gasteiger partial charge < -0.3 is 0 Å². The van der Waals surface area contributed by atoms with Crippen molar-refractivity contribution in [3.63, 3.8) is 0 Å². The summed E-state index contributed by atoms with van der Waals surface area (Å²) in [6.07, 6.45) is 7.11. The van der Waals surface area contributed by atoms with Gasteiger partial charge in [-0.05, 0) is 23.8 Å². The Hall–Kier alpha value is -2.75. The third-order valence-electron chi connectivity index (χ3n) is 3.01. The Morgan fingerprint density at radius 2 is 1.90 bits per heavy atom. The lowest BCUT2D eigenvalue weighted by Gasteiger charge is -1.99. The third kappa shape index (κ3) is 2.64. The lowest BCUT2D eigenvalue weighted by atomic mass is 10.1. The van der Waals surface area contributed by atoms with Crippen LogP contribution in [0.1, 0.15) is 15.9 Å². The molecule has 3 aromatic rings. The van der Waals surface area contributed by atoms with E-state index in [1.807, 2.05) is 42.5 Å². The van der Waals surface area contributed by atoms with Crippen molar-refractivity contribution in [2.75, 3.05) is 0 Å². The van der Waals surface area contributed by atoms with E-state index in [1.54, 1.807) is 29.5 Å². The molecule has 0 aliphatic rings. The zero-order chi connectivity index (χ0) is 13.8. The van der Waals surface area contributed by atoms with E-state index in [1.165, 1.54) is 0 Å². The predicted octanol–water partition coefficient (Wildman–Crippen LogP) is 2.69. The molecular weight excluding hydrogens is 250 g/mol. The van der Waals surface area contributed by atoms with E-state index < -0.39 is 0 Å². The van der Waals surface area contributed by atoms with Crippen LogP contribution in [0.3, 0.4) is 0 Å². The van der Waals surface area contributed by atoms with Gasteiger partial charge in [0.1, 0.15) is 0 Å². The van der Waals surface area contributed by atoms with Gasteiger partial charge in [0.05, 0.1) is 17.4 Å². The molecule has 2 heterocycles. The van der Waals surface area contributed by atoms with E-state index >= 15 is 0 Å². The number of hydrogen-bond donors (Lipinski definition) is 0. The van der Waals surface area contributed by atoms with Crippen molar-refractivity contribution in [3.05, 3.63) is 78.4 Å². The van der Waals surface area contributed by atoms with E-state index in [0.29, 0.717) is 12.0 Å². The Labute approximate surface area is 116 Å². The molecule has 0 aliphatic carbocycles. The molecule has 0 bridgehead atoms. The van der Waals surface area contributed by atoms with Gasteiger partial charge in [-0.25, -0.2) is 4.68 Å². The minimum atomic E-state index is 0.0418. The summed E-state index contributed by atoms with van der Waals surface area (Å²) in [7, 11) is 0. The van der Waals surface area contributed by atoms with Crippen molar-refractivity contribution in [2.45, 2.75) is 6.42 Å². The van der Waals surface area contributed by atoms with Crippen LogP contribution in [-0.2, 0) is 6.42 Å². The summed E-state index contributed by atoms with van der Waals surface area (Å²) < 4.78 is 1.70. The largest absolute Gasteiger partial charge is 0.294 e. The van der Waals surface area contributed by atoms with Crippen molar-refractivity contribution in [3.8, 4) is 5.69 Å². The quantitative estimate of drug-likeness (QED) is 0.680. The Kier molecular flexibility index (Phi) is 3.37. The first-order chi connectivity index (χ1) is 9.83. The number of pyridine rings is 1. The molecule has 0 unspecified atom stereocenters. The maximum atomic E-state index is 12.2. The van der Waals surface area contributed by atoms with Gasteiger partial charge in [-0.2, -0.15) is 5.10 Å². The maximum Gasteiger partial charge on any atom is 0.170 e. The molecule has 4 nitrogen and oxygen atoms in total. The molecule has 0 N–H and O–H groups in total. The van der Waals surface area contributed by atoms with Crippen LogP contribution in [0.4, 0.5) is 0 Å². The first kappa shape index (κ1) is 12.3. The van der Waals surface area contributed by atoms with Crippen molar-refractivity contribution in [2.24, 2.45) is 0 Å². The number of ketones is 1. The van der Waals surface area contributed by atoms with Crippen LogP contribution in [0.25, 0.3) is 5.69 Å². The van der Waals surface area contributed by atoms with Crippen molar-refractivity contribution in [1.82, 2.24) is 14.8 Å². The fourth-order valence-electron chi connectivity index (χ4n) is 1.98. The molecule has 2 aromatic heterocycles. The average molecular weight is 263 g/mol. The highest BCUT2D eigenvalue weighted by molar-refractivity contribution is 5.97. The molecular formula is C16H13N3O. The summed E-state index contributed by atoms with van der Waals surface area (Å²) in [6, 6.07) is 13.4. The topological polar surface area (TPSA) is 47.8 Å². The zero-order valence-electron chi connectivity index (χ0n) is 10.8. The number of Topliss-reactive ketones (excluding diaryl/α,β-unsaturated/α-hetero) is 1. The molecule has 0 radical (unpaired) electrons. The average Bonchev–Trinajstić information content (AvgIpc) is 2.99. The SMILES string of the molecule is O=C(Cc1cccnc1)c1cnn(-c2ccccc2)c1. The summed E-state index contributed by atoms with van der Waals surface area (Å²) in [5.74, 6) is 0.0418. The van der Waals surface area contributed by atoms with Crippen LogP contribution in [0.5, 0.6) is 0 Å². The van der Waals surface area contributed by atoms with Gasteiger partial charge >= 0.3 is 0 Å². The number of carbonyl (C=O) groups excluding carboxylic acids is 1. The Morgan fingerprint density at radius 1 is 1.05 bits per heavy atom. The van der Waals surface area contributed by atoms with Crippen LogP contribution in [-0.4, -0.2) is 20.5 Å². The van der Waals surface area contributed by atoms with E-state index in [4.69, 9.17) is 0 Å². The fourth-order valence-corrected chi connectivity index (χ4v) is 1.98. The number of para-hydroxylation sites is 1. The molecule has 0 saturated carbocycles. The van der Waals surface area contributed by atoms with Crippen molar-refractivity contribution >= 4 is 5.78 Å². The number of rotatable bonds is 4. The Morgan fingerprint density at radius 3 is 2.65 bits per heavy atom. The van der Waals surface area contributed by atoms with Crippen LogP contribution in [0.15, 0.2) is 67.3 Å². The Bertz CT molecular complexity index is 705. The lowest BCUT2D eigenvalue weighted by Crippen LogP contribution is -2.02. The number of benzene rings is 1. The molecule has 0 amide bonds. The molecule has 3 rings (SSSR count). The van der Waals surface area contributed by atoms with Crippen molar-refractivity contribution < 1.29 is 4.79 Å². The summed E-state index contributed by atoms with van der Waals surface area (Å²) in [6.45, 7) is 0.